The predicted molar refractivity (Wildman–Crippen MR) is 76.7 cm³/mol. The summed E-state index contributed by atoms with van der Waals surface area (Å²) in [7, 11) is 4.19. The molecule has 1 N–H and O–H groups in total. The van der Waals surface area contributed by atoms with E-state index in [0.29, 0.717) is 12.1 Å². The molecule has 4 nitrogen and oxygen atoms in total. The van der Waals surface area contributed by atoms with Gasteiger partial charge in [0.1, 0.15) is 0 Å². The lowest BCUT2D eigenvalue weighted by Gasteiger charge is -2.17. The molecule has 0 spiro atoms. The zero-order chi connectivity index (χ0) is 13.5. The number of hydrogen-bond donors (Lipinski definition) is 1. The molecule has 4 heteroatoms. The van der Waals surface area contributed by atoms with Crippen LogP contribution in [-0.2, 0) is 6.54 Å². The highest BCUT2D eigenvalue weighted by Crippen LogP contribution is 2.14. The SMILES string of the molecule is CCC(CC)n1ccc(CNC(C)CN(C)C)n1. The Bertz CT molecular complexity index is 328. The van der Waals surface area contributed by atoms with E-state index in [-0.39, 0.29) is 0 Å². The van der Waals surface area contributed by atoms with E-state index in [2.05, 4.69) is 67.1 Å². The van der Waals surface area contributed by atoms with Gasteiger partial charge in [0.05, 0.1) is 11.7 Å². The highest BCUT2D eigenvalue weighted by atomic mass is 15.3. The fraction of sp³-hybridized carbons (Fsp3) is 0.786. The lowest BCUT2D eigenvalue weighted by molar-refractivity contribution is 0.347. The van der Waals surface area contributed by atoms with Gasteiger partial charge in [0.2, 0.25) is 0 Å². The summed E-state index contributed by atoms with van der Waals surface area (Å²) < 4.78 is 2.10. The molecule has 0 bridgehead atoms. The molecule has 1 atom stereocenters. The van der Waals surface area contributed by atoms with Crippen molar-refractivity contribution >= 4 is 0 Å². The maximum absolute atomic E-state index is 4.64. The Morgan fingerprint density at radius 3 is 2.56 bits per heavy atom. The summed E-state index contributed by atoms with van der Waals surface area (Å²) in [6, 6.07) is 3.14. The van der Waals surface area contributed by atoms with E-state index in [0.717, 1.165) is 31.6 Å². The third-order valence-electron chi connectivity index (χ3n) is 3.25. The van der Waals surface area contributed by atoms with Crippen LogP contribution in [-0.4, -0.2) is 41.4 Å². The lowest BCUT2D eigenvalue weighted by atomic mass is 10.2. The Labute approximate surface area is 111 Å². The van der Waals surface area contributed by atoms with Crippen molar-refractivity contribution in [2.75, 3.05) is 20.6 Å². The average Bonchev–Trinajstić information content (AvgIpc) is 2.76. The van der Waals surface area contributed by atoms with Gasteiger partial charge in [0.25, 0.3) is 0 Å². The molecule has 0 aliphatic heterocycles. The fourth-order valence-corrected chi connectivity index (χ4v) is 2.23. The first-order valence-corrected chi connectivity index (χ1v) is 6.98. The highest BCUT2D eigenvalue weighted by molar-refractivity contribution is 4.99. The standard InChI is InChI=1S/C14H28N4/c1-6-14(7-2)18-9-8-13(16-18)10-15-12(3)11-17(4)5/h8-9,12,14-15H,6-7,10-11H2,1-5H3. The molecule has 1 aromatic rings. The molecule has 0 radical (unpaired) electrons. The summed E-state index contributed by atoms with van der Waals surface area (Å²) in [5.41, 5.74) is 1.13. The number of nitrogens with zero attached hydrogens (tertiary/aromatic N) is 3. The molecule has 0 aromatic carbocycles. The quantitative estimate of drug-likeness (QED) is 0.770. The van der Waals surface area contributed by atoms with E-state index in [4.69, 9.17) is 0 Å². The van der Waals surface area contributed by atoms with Gasteiger partial charge in [-0.25, -0.2) is 0 Å². The van der Waals surface area contributed by atoms with E-state index >= 15 is 0 Å². The summed E-state index contributed by atoms with van der Waals surface area (Å²) in [6.45, 7) is 8.53. The first kappa shape index (κ1) is 15.2. The van der Waals surface area contributed by atoms with Crippen LogP contribution in [0.2, 0.25) is 0 Å². The number of hydrogen-bond acceptors (Lipinski definition) is 3. The lowest BCUT2D eigenvalue weighted by Crippen LogP contribution is -2.35. The van der Waals surface area contributed by atoms with E-state index in [9.17, 15) is 0 Å². The van der Waals surface area contributed by atoms with Gasteiger partial charge in [-0.1, -0.05) is 13.8 Å². The molecule has 1 rings (SSSR count). The highest BCUT2D eigenvalue weighted by Gasteiger charge is 2.08. The molecule has 18 heavy (non-hydrogen) atoms. The Morgan fingerprint density at radius 2 is 2.00 bits per heavy atom. The summed E-state index contributed by atoms with van der Waals surface area (Å²) in [6.07, 6.45) is 4.38. The zero-order valence-corrected chi connectivity index (χ0v) is 12.5. The molecule has 0 saturated carbocycles. The van der Waals surface area contributed by atoms with Crippen molar-refractivity contribution in [1.29, 1.82) is 0 Å². The Kier molecular flexibility index (Phi) is 6.36. The van der Waals surface area contributed by atoms with Crippen LogP contribution in [0, 0.1) is 0 Å². The van der Waals surface area contributed by atoms with Crippen molar-refractivity contribution in [2.45, 2.75) is 52.2 Å². The summed E-state index contributed by atoms with van der Waals surface area (Å²) >= 11 is 0. The minimum absolute atomic E-state index is 0.485. The molecule has 1 aromatic heterocycles. The van der Waals surface area contributed by atoms with Gasteiger partial charge in [-0.15, -0.1) is 0 Å². The second kappa shape index (κ2) is 7.54. The van der Waals surface area contributed by atoms with Gasteiger partial charge in [-0.2, -0.15) is 5.10 Å². The summed E-state index contributed by atoms with van der Waals surface area (Å²) in [5.74, 6) is 0. The van der Waals surface area contributed by atoms with E-state index < -0.39 is 0 Å². The van der Waals surface area contributed by atoms with Crippen LogP contribution in [0.15, 0.2) is 12.3 Å². The van der Waals surface area contributed by atoms with Crippen LogP contribution in [0.1, 0.15) is 45.3 Å². The third kappa shape index (κ3) is 4.78. The van der Waals surface area contributed by atoms with E-state index in [1.54, 1.807) is 0 Å². The van der Waals surface area contributed by atoms with Crippen molar-refractivity contribution in [3.63, 3.8) is 0 Å². The molecular formula is C14H28N4. The molecule has 104 valence electrons. The van der Waals surface area contributed by atoms with Crippen LogP contribution < -0.4 is 5.32 Å². The number of nitrogens with one attached hydrogen (secondary N) is 1. The van der Waals surface area contributed by atoms with E-state index in [1.807, 2.05) is 0 Å². The van der Waals surface area contributed by atoms with Gasteiger partial charge >= 0.3 is 0 Å². The minimum atomic E-state index is 0.485. The summed E-state index contributed by atoms with van der Waals surface area (Å²) in [4.78, 5) is 2.19. The Hall–Kier alpha value is -0.870. The maximum atomic E-state index is 4.64. The first-order chi connectivity index (χ1) is 8.56. The van der Waals surface area contributed by atoms with Crippen molar-refractivity contribution in [3.05, 3.63) is 18.0 Å². The number of rotatable bonds is 8. The van der Waals surface area contributed by atoms with Gasteiger partial charge in [0.15, 0.2) is 0 Å². The molecule has 0 aliphatic carbocycles. The zero-order valence-electron chi connectivity index (χ0n) is 12.5. The maximum Gasteiger partial charge on any atom is 0.0762 e. The second-order valence-electron chi connectivity index (χ2n) is 5.30. The van der Waals surface area contributed by atoms with Crippen molar-refractivity contribution in [2.24, 2.45) is 0 Å². The predicted octanol–water partition coefficient (Wildman–Crippen LogP) is 2.28. The molecule has 0 fully saturated rings. The van der Waals surface area contributed by atoms with Crippen LogP contribution in [0.4, 0.5) is 0 Å². The smallest absolute Gasteiger partial charge is 0.0762 e. The minimum Gasteiger partial charge on any atom is -0.308 e. The molecule has 0 amide bonds. The molecule has 1 unspecified atom stereocenters. The van der Waals surface area contributed by atoms with Crippen LogP contribution in [0.25, 0.3) is 0 Å². The van der Waals surface area contributed by atoms with Crippen molar-refractivity contribution in [1.82, 2.24) is 20.0 Å². The first-order valence-electron chi connectivity index (χ1n) is 6.98. The van der Waals surface area contributed by atoms with Gasteiger partial charge in [-0.3, -0.25) is 4.68 Å². The monoisotopic (exact) mass is 252 g/mol. The molecule has 0 saturated heterocycles. The fourth-order valence-electron chi connectivity index (χ4n) is 2.23. The Balaban J connectivity index is 2.44. The van der Waals surface area contributed by atoms with Crippen LogP contribution in [0.5, 0.6) is 0 Å². The third-order valence-corrected chi connectivity index (χ3v) is 3.25. The van der Waals surface area contributed by atoms with Crippen LogP contribution >= 0.6 is 0 Å². The van der Waals surface area contributed by atoms with Gasteiger partial charge < -0.3 is 10.2 Å². The Morgan fingerprint density at radius 1 is 1.33 bits per heavy atom. The molecule has 0 aliphatic rings. The van der Waals surface area contributed by atoms with Crippen molar-refractivity contribution < 1.29 is 0 Å². The van der Waals surface area contributed by atoms with Crippen molar-refractivity contribution in [3.8, 4) is 0 Å². The van der Waals surface area contributed by atoms with Gasteiger partial charge in [0, 0.05) is 25.3 Å². The molecular weight excluding hydrogens is 224 g/mol. The number of aromatic nitrogens is 2. The van der Waals surface area contributed by atoms with E-state index in [1.165, 1.54) is 0 Å². The largest absolute Gasteiger partial charge is 0.308 e. The number of likely N-dealkylation sites (N-methyl/N-ethyl adjacent to an activating group) is 1. The second-order valence-corrected chi connectivity index (χ2v) is 5.30. The normalized spacial score (nSPS) is 13.5. The molecule has 1 heterocycles. The average molecular weight is 252 g/mol. The van der Waals surface area contributed by atoms with Gasteiger partial charge in [-0.05, 0) is 39.9 Å². The topological polar surface area (TPSA) is 33.1 Å². The summed E-state index contributed by atoms with van der Waals surface area (Å²) in [5, 5.41) is 8.14. The van der Waals surface area contributed by atoms with Crippen LogP contribution in [0.3, 0.4) is 0 Å².